The molecular weight excluding hydrogens is 260 g/mol. The summed E-state index contributed by atoms with van der Waals surface area (Å²) in [5.41, 5.74) is 3.57. The van der Waals surface area contributed by atoms with Gasteiger partial charge in [-0.15, -0.1) is 0 Å². The van der Waals surface area contributed by atoms with Crippen LogP contribution in [0.4, 0.5) is 0 Å². The zero-order valence-corrected chi connectivity index (χ0v) is 12.7. The fraction of sp³-hybridized carbons (Fsp3) is 0.263. The third-order valence-electron chi connectivity index (χ3n) is 3.62. The number of benzene rings is 2. The van der Waals surface area contributed by atoms with Gasteiger partial charge in [0.25, 0.3) is 0 Å². The number of hydrogen-bond acceptors (Lipinski definition) is 2. The van der Waals surface area contributed by atoms with Crippen molar-refractivity contribution in [1.29, 1.82) is 0 Å². The van der Waals surface area contributed by atoms with Gasteiger partial charge >= 0.3 is 0 Å². The monoisotopic (exact) mass is 280 g/mol. The maximum atomic E-state index is 12.2. The highest BCUT2D eigenvalue weighted by atomic mass is 16.1. The van der Waals surface area contributed by atoms with Crippen molar-refractivity contribution in [1.82, 2.24) is 0 Å². The van der Waals surface area contributed by atoms with Gasteiger partial charge in [0.15, 0.2) is 11.6 Å². The van der Waals surface area contributed by atoms with Crippen molar-refractivity contribution >= 4 is 11.6 Å². The smallest absolute Gasteiger partial charge is 0.167 e. The minimum Gasteiger partial charge on any atom is -0.295 e. The zero-order chi connectivity index (χ0) is 15.4. The molecule has 21 heavy (non-hydrogen) atoms. The molecular formula is C19H20O2. The number of rotatable bonds is 5. The van der Waals surface area contributed by atoms with Gasteiger partial charge in [-0.1, -0.05) is 62.4 Å². The van der Waals surface area contributed by atoms with Gasteiger partial charge in [-0.2, -0.15) is 0 Å². The second-order valence-electron chi connectivity index (χ2n) is 5.63. The summed E-state index contributed by atoms with van der Waals surface area (Å²) in [6.07, 6.45) is 0.360. The van der Waals surface area contributed by atoms with Gasteiger partial charge in [-0.3, -0.25) is 9.59 Å². The predicted molar refractivity (Wildman–Crippen MR) is 85.0 cm³/mol. The molecule has 2 aromatic rings. The molecule has 2 aromatic carbocycles. The van der Waals surface area contributed by atoms with Crippen molar-refractivity contribution in [3.8, 4) is 0 Å². The van der Waals surface area contributed by atoms with E-state index in [1.165, 1.54) is 12.5 Å². The third kappa shape index (κ3) is 3.88. The fourth-order valence-electron chi connectivity index (χ4n) is 2.20. The lowest BCUT2D eigenvalue weighted by Crippen LogP contribution is -2.04. The van der Waals surface area contributed by atoms with Crippen LogP contribution in [0.5, 0.6) is 0 Å². The molecule has 0 amide bonds. The van der Waals surface area contributed by atoms with E-state index in [9.17, 15) is 9.59 Å². The Kier molecular flexibility index (Phi) is 4.69. The van der Waals surface area contributed by atoms with E-state index < -0.39 is 0 Å². The molecule has 0 atom stereocenters. The quantitative estimate of drug-likeness (QED) is 0.759. The predicted octanol–water partition coefficient (Wildman–Crippen LogP) is 4.44. The van der Waals surface area contributed by atoms with Crippen LogP contribution in [-0.4, -0.2) is 11.6 Å². The Morgan fingerprint density at radius 1 is 0.857 bits per heavy atom. The molecule has 0 bridgehead atoms. The first kappa shape index (κ1) is 15.2. The highest BCUT2D eigenvalue weighted by molar-refractivity contribution is 5.98. The minimum atomic E-state index is 0.0390. The largest absolute Gasteiger partial charge is 0.295 e. The molecule has 0 heterocycles. The Morgan fingerprint density at radius 2 is 1.38 bits per heavy atom. The second kappa shape index (κ2) is 6.49. The number of Topliss-reactive ketones (excluding diaryl/α,β-unsaturated/α-hetero) is 2. The maximum absolute atomic E-state index is 12.2. The normalized spacial score (nSPS) is 10.7. The van der Waals surface area contributed by atoms with Crippen molar-refractivity contribution in [3.05, 3.63) is 70.8 Å². The Balaban J connectivity index is 2.08. The van der Waals surface area contributed by atoms with Crippen LogP contribution in [0.2, 0.25) is 0 Å². The van der Waals surface area contributed by atoms with Crippen LogP contribution in [0, 0.1) is 0 Å². The summed E-state index contributed by atoms with van der Waals surface area (Å²) in [5.74, 6) is 0.603. The molecule has 0 N–H and O–H groups in total. The van der Waals surface area contributed by atoms with E-state index in [4.69, 9.17) is 0 Å². The van der Waals surface area contributed by atoms with Crippen LogP contribution < -0.4 is 0 Å². The van der Waals surface area contributed by atoms with E-state index in [0.717, 1.165) is 11.1 Å². The van der Waals surface area contributed by atoms with Crippen molar-refractivity contribution in [2.75, 3.05) is 0 Å². The van der Waals surface area contributed by atoms with Gasteiger partial charge in [-0.05, 0) is 24.0 Å². The van der Waals surface area contributed by atoms with Gasteiger partial charge in [0.1, 0.15) is 0 Å². The molecule has 0 saturated carbocycles. The lowest BCUT2D eigenvalue weighted by atomic mass is 9.97. The number of ketones is 2. The molecule has 0 fully saturated rings. The van der Waals surface area contributed by atoms with Crippen molar-refractivity contribution in [2.24, 2.45) is 0 Å². The van der Waals surface area contributed by atoms with E-state index in [1.54, 1.807) is 12.1 Å². The molecule has 108 valence electrons. The lowest BCUT2D eigenvalue weighted by Gasteiger charge is -2.07. The first-order chi connectivity index (χ1) is 9.97. The Morgan fingerprint density at radius 3 is 1.86 bits per heavy atom. The summed E-state index contributed by atoms with van der Waals surface area (Å²) < 4.78 is 0. The number of hydrogen-bond donors (Lipinski definition) is 0. The SMILES string of the molecule is CC(=O)c1ccc(CC(=O)c2ccc(C(C)C)cc2)cc1. The molecule has 0 saturated heterocycles. The van der Waals surface area contributed by atoms with Crippen LogP contribution in [0.3, 0.4) is 0 Å². The van der Waals surface area contributed by atoms with Crippen LogP contribution in [0.1, 0.15) is 58.5 Å². The van der Waals surface area contributed by atoms with E-state index in [0.29, 0.717) is 17.9 Å². The highest BCUT2D eigenvalue weighted by Crippen LogP contribution is 2.16. The summed E-state index contributed by atoms with van der Waals surface area (Å²) in [6.45, 7) is 5.80. The lowest BCUT2D eigenvalue weighted by molar-refractivity contribution is 0.0991. The molecule has 0 spiro atoms. The Hall–Kier alpha value is -2.22. The number of carbonyl (C=O) groups is 2. The third-order valence-corrected chi connectivity index (χ3v) is 3.62. The second-order valence-corrected chi connectivity index (χ2v) is 5.63. The van der Waals surface area contributed by atoms with Gasteiger partial charge in [0.05, 0.1) is 0 Å². The topological polar surface area (TPSA) is 34.1 Å². The molecule has 2 heteroatoms. The Labute approximate surface area is 125 Å². The molecule has 2 nitrogen and oxygen atoms in total. The van der Waals surface area contributed by atoms with Crippen molar-refractivity contribution in [3.63, 3.8) is 0 Å². The first-order valence-electron chi connectivity index (χ1n) is 7.20. The van der Waals surface area contributed by atoms with Crippen LogP contribution in [0.15, 0.2) is 48.5 Å². The summed E-state index contributed by atoms with van der Waals surface area (Å²) in [4.78, 5) is 23.5. The van der Waals surface area contributed by atoms with E-state index in [-0.39, 0.29) is 11.6 Å². The van der Waals surface area contributed by atoms with Crippen LogP contribution in [0.25, 0.3) is 0 Å². The molecule has 0 aliphatic carbocycles. The summed E-state index contributed by atoms with van der Waals surface area (Å²) in [7, 11) is 0. The summed E-state index contributed by atoms with van der Waals surface area (Å²) >= 11 is 0. The van der Waals surface area contributed by atoms with E-state index in [2.05, 4.69) is 13.8 Å². The first-order valence-corrected chi connectivity index (χ1v) is 7.20. The van der Waals surface area contributed by atoms with Gasteiger partial charge in [0.2, 0.25) is 0 Å². The van der Waals surface area contributed by atoms with Crippen molar-refractivity contribution < 1.29 is 9.59 Å². The summed E-state index contributed by atoms with van der Waals surface area (Å²) in [6, 6.07) is 15.0. The average molecular weight is 280 g/mol. The number of carbonyl (C=O) groups excluding carboxylic acids is 2. The summed E-state index contributed by atoms with van der Waals surface area (Å²) in [5, 5.41) is 0. The molecule has 2 rings (SSSR count). The molecule has 0 aliphatic heterocycles. The van der Waals surface area contributed by atoms with E-state index in [1.807, 2.05) is 36.4 Å². The van der Waals surface area contributed by atoms with Crippen LogP contribution in [-0.2, 0) is 6.42 Å². The van der Waals surface area contributed by atoms with Gasteiger partial charge in [0, 0.05) is 17.5 Å². The zero-order valence-electron chi connectivity index (χ0n) is 12.7. The van der Waals surface area contributed by atoms with Crippen molar-refractivity contribution in [2.45, 2.75) is 33.1 Å². The average Bonchev–Trinajstić information content (AvgIpc) is 2.47. The standard InChI is InChI=1S/C19H20O2/c1-13(2)16-8-10-18(11-9-16)19(21)12-15-4-6-17(7-5-15)14(3)20/h4-11,13H,12H2,1-3H3. The van der Waals surface area contributed by atoms with Crippen LogP contribution >= 0.6 is 0 Å². The van der Waals surface area contributed by atoms with Gasteiger partial charge in [-0.25, -0.2) is 0 Å². The fourth-order valence-corrected chi connectivity index (χ4v) is 2.20. The molecule has 0 radical (unpaired) electrons. The molecule has 0 aromatic heterocycles. The van der Waals surface area contributed by atoms with E-state index >= 15 is 0 Å². The van der Waals surface area contributed by atoms with Gasteiger partial charge < -0.3 is 0 Å². The highest BCUT2D eigenvalue weighted by Gasteiger charge is 2.08. The maximum Gasteiger partial charge on any atom is 0.167 e. The molecule has 0 aliphatic rings. The molecule has 0 unspecified atom stereocenters. The Bertz CT molecular complexity index is 634. The minimum absolute atomic E-state index is 0.0390.